The van der Waals surface area contributed by atoms with E-state index in [0.717, 1.165) is 17.6 Å². The minimum absolute atomic E-state index is 0.0927. The summed E-state index contributed by atoms with van der Waals surface area (Å²) in [6, 6.07) is 3.86. The molecule has 2 rings (SSSR count). The van der Waals surface area contributed by atoms with E-state index in [1.165, 1.54) is 0 Å². The predicted molar refractivity (Wildman–Crippen MR) is 51.6 cm³/mol. The van der Waals surface area contributed by atoms with Crippen molar-refractivity contribution in [3.05, 3.63) is 41.7 Å². The number of aromatic nitrogens is 1. The molecule has 1 aliphatic rings. The van der Waals surface area contributed by atoms with Crippen molar-refractivity contribution in [3.63, 3.8) is 0 Å². The van der Waals surface area contributed by atoms with Crippen LogP contribution < -0.4 is 0 Å². The van der Waals surface area contributed by atoms with Crippen molar-refractivity contribution in [1.82, 2.24) is 4.98 Å². The number of ether oxygens (including phenoxy) is 1. The standard InChI is InChI=1S/C11H11NO2/c1-8-6-11(13)14-10(8)7-9-2-4-12-5-3-9/h2-6,10H,7H2,1H3/t10-/m0/s1. The maximum Gasteiger partial charge on any atom is 0.331 e. The summed E-state index contributed by atoms with van der Waals surface area (Å²) in [4.78, 5) is 14.9. The summed E-state index contributed by atoms with van der Waals surface area (Å²) >= 11 is 0. The first kappa shape index (κ1) is 8.94. The van der Waals surface area contributed by atoms with Gasteiger partial charge >= 0.3 is 5.97 Å². The molecular weight excluding hydrogens is 178 g/mol. The van der Waals surface area contributed by atoms with Crippen LogP contribution in [-0.4, -0.2) is 17.1 Å². The van der Waals surface area contributed by atoms with Crippen LogP contribution in [0.25, 0.3) is 0 Å². The van der Waals surface area contributed by atoms with E-state index in [9.17, 15) is 4.79 Å². The molecule has 0 amide bonds. The summed E-state index contributed by atoms with van der Waals surface area (Å²) in [5.41, 5.74) is 2.12. The predicted octanol–water partition coefficient (Wildman–Crippen LogP) is 1.50. The Bertz CT molecular complexity index is 370. The third-order valence-electron chi connectivity index (χ3n) is 2.28. The Morgan fingerprint density at radius 3 is 2.71 bits per heavy atom. The highest BCUT2D eigenvalue weighted by Crippen LogP contribution is 2.18. The second kappa shape index (κ2) is 3.62. The lowest BCUT2D eigenvalue weighted by Crippen LogP contribution is -2.13. The first-order chi connectivity index (χ1) is 6.75. The van der Waals surface area contributed by atoms with Crippen molar-refractivity contribution in [2.75, 3.05) is 0 Å². The Morgan fingerprint density at radius 1 is 1.43 bits per heavy atom. The summed E-state index contributed by atoms with van der Waals surface area (Å²) in [6.45, 7) is 1.91. The minimum Gasteiger partial charge on any atom is -0.454 e. The normalized spacial score (nSPS) is 20.5. The van der Waals surface area contributed by atoms with Crippen LogP contribution in [0.1, 0.15) is 12.5 Å². The average Bonchev–Trinajstić information content (AvgIpc) is 2.47. The molecule has 1 aliphatic heterocycles. The van der Waals surface area contributed by atoms with Gasteiger partial charge in [-0.1, -0.05) is 0 Å². The van der Waals surface area contributed by atoms with E-state index < -0.39 is 0 Å². The molecule has 0 bridgehead atoms. The lowest BCUT2D eigenvalue weighted by Gasteiger charge is -2.11. The molecule has 14 heavy (non-hydrogen) atoms. The van der Waals surface area contributed by atoms with E-state index >= 15 is 0 Å². The van der Waals surface area contributed by atoms with Crippen molar-refractivity contribution in [2.24, 2.45) is 0 Å². The third kappa shape index (κ3) is 1.82. The van der Waals surface area contributed by atoms with E-state index in [-0.39, 0.29) is 12.1 Å². The molecule has 0 saturated carbocycles. The van der Waals surface area contributed by atoms with Crippen molar-refractivity contribution in [1.29, 1.82) is 0 Å². The van der Waals surface area contributed by atoms with E-state index in [1.807, 2.05) is 19.1 Å². The molecule has 1 aromatic rings. The van der Waals surface area contributed by atoms with Crippen LogP contribution in [-0.2, 0) is 16.0 Å². The van der Waals surface area contributed by atoms with Crippen LogP contribution >= 0.6 is 0 Å². The fourth-order valence-corrected chi connectivity index (χ4v) is 1.48. The molecule has 0 aliphatic carbocycles. The van der Waals surface area contributed by atoms with Crippen molar-refractivity contribution >= 4 is 5.97 Å². The molecule has 0 saturated heterocycles. The number of rotatable bonds is 2. The molecule has 0 unspecified atom stereocenters. The van der Waals surface area contributed by atoms with Gasteiger partial charge in [0.25, 0.3) is 0 Å². The molecule has 0 fully saturated rings. The number of hydrogen-bond donors (Lipinski definition) is 0. The number of carbonyl (C=O) groups is 1. The highest BCUT2D eigenvalue weighted by atomic mass is 16.5. The van der Waals surface area contributed by atoms with Gasteiger partial charge in [-0.05, 0) is 30.2 Å². The maximum absolute atomic E-state index is 10.9. The Morgan fingerprint density at radius 2 is 2.14 bits per heavy atom. The van der Waals surface area contributed by atoms with Crippen LogP contribution in [0.4, 0.5) is 0 Å². The summed E-state index contributed by atoms with van der Waals surface area (Å²) in [5, 5.41) is 0. The quantitative estimate of drug-likeness (QED) is 0.662. The fourth-order valence-electron chi connectivity index (χ4n) is 1.48. The number of hydrogen-bond acceptors (Lipinski definition) is 3. The molecule has 0 aromatic carbocycles. The smallest absolute Gasteiger partial charge is 0.331 e. The SMILES string of the molecule is CC1=CC(=O)O[C@H]1Cc1ccncc1. The zero-order valence-corrected chi connectivity index (χ0v) is 7.93. The summed E-state index contributed by atoms with van der Waals surface area (Å²) in [6.07, 6.45) is 5.67. The topological polar surface area (TPSA) is 39.2 Å². The number of carbonyl (C=O) groups excluding carboxylic acids is 1. The monoisotopic (exact) mass is 189 g/mol. The lowest BCUT2D eigenvalue weighted by molar-refractivity contribution is -0.138. The van der Waals surface area contributed by atoms with E-state index in [1.54, 1.807) is 18.5 Å². The minimum atomic E-state index is -0.235. The Balaban J connectivity index is 2.07. The van der Waals surface area contributed by atoms with Gasteiger partial charge in [0, 0.05) is 24.9 Å². The summed E-state index contributed by atoms with van der Waals surface area (Å²) in [5.74, 6) is -0.235. The van der Waals surface area contributed by atoms with Gasteiger partial charge in [0.05, 0.1) is 0 Å². The molecule has 1 aromatic heterocycles. The van der Waals surface area contributed by atoms with Crippen LogP contribution in [0.15, 0.2) is 36.2 Å². The number of nitrogens with zero attached hydrogens (tertiary/aromatic N) is 1. The summed E-state index contributed by atoms with van der Waals surface area (Å²) in [7, 11) is 0. The van der Waals surface area contributed by atoms with Gasteiger partial charge < -0.3 is 4.74 Å². The lowest BCUT2D eigenvalue weighted by atomic mass is 10.0. The molecule has 0 radical (unpaired) electrons. The molecule has 3 nitrogen and oxygen atoms in total. The molecule has 72 valence electrons. The largest absolute Gasteiger partial charge is 0.454 e. The second-order valence-electron chi connectivity index (χ2n) is 3.37. The van der Waals surface area contributed by atoms with Gasteiger partial charge in [-0.25, -0.2) is 4.79 Å². The first-order valence-corrected chi connectivity index (χ1v) is 4.53. The molecular formula is C11H11NO2. The van der Waals surface area contributed by atoms with E-state index in [0.29, 0.717) is 0 Å². The highest BCUT2D eigenvalue weighted by Gasteiger charge is 2.22. The zero-order valence-electron chi connectivity index (χ0n) is 7.93. The molecule has 0 spiro atoms. The third-order valence-corrected chi connectivity index (χ3v) is 2.28. The van der Waals surface area contributed by atoms with Gasteiger partial charge in [-0.15, -0.1) is 0 Å². The molecule has 1 atom stereocenters. The number of pyridine rings is 1. The van der Waals surface area contributed by atoms with Gasteiger partial charge in [-0.2, -0.15) is 0 Å². The highest BCUT2D eigenvalue weighted by molar-refractivity contribution is 5.85. The van der Waals surface area contributed by atoms with E-state index in [4.69, 9.17) is 4.74 Å². The van der Waals surface area contributed by atoms with Gasteiger partial charge in [0.15, 0.2) is 0 Å². The van der Waals surface area contributed by atoms with Gasteiger partial charge in [0.2, 0.25) is 0 Å². The number of esters is 1. The maximum atomic E-state index is 10.9. The second-order valence-corrected chi connectivity index (χ2v) is 3.37. The van der Waals surface area contributed by atoms with Crippen LogP contribution in [0.3, 0.4) is 0 Å². The zero-order chi connectivity index (χ0) is 9.97. The molecule has 3 heteroatoms. The summed E-state index contributed by atoms with van der Waals surface area (Å²) < 4.78 is 5.13. The van der Waals surface area contributed by atoms with Crippen molar-refractivity contribution in [2.45, 2.75) is 19.4 Å². The Labute approximate surface area is 82.4 Å². The Kier molecular flexibility index (Phi) is 2.31. The molecule has 2 heterocycles. The van der Waals surface area contributed by atoms with Gasteiger partial charge in [0.1, 0.15) is 6.10 Å². The first-order valence-electron chi connectivity index (χ1n) is 4.53. The van der Waals surface area contributed by atoms with Crippen molar-refractivity contribution in [3.8, 4) is 0 Å². The molecule has 0 N–H and O–H groups in total. The fraction of sp³-hybridized carbons (Fsp3) is 0.273. The van der Waals surface area contributed by atoms with E-state index in [2.05, 4.69) is 4.98 Å². The van der Waals surface area contributed by atoms with Crippen LogP contribution in [0, 0.1) is 0 Å². The average molecular weight is 189 g/mol. The Hall–Kier alpha value is -1.64. The van der Waals surface area contributed by atoms with Crippen molar-refractivity contribution < 1.29 is 9.53 Å². The number of cyclic esters (lactones) is 1. The van der Waals surface area contributed by atoms with Gasteiger partial charge in [-0.3, -0.25) is 4.98 Å². The van der Waals surface area contributed by atoms with Crippen LogP contribution in [0.5, 0.6) is 0 Å². The van der Waals surface area contributed by atoms with Crippen LogP contribution in [0.2, 0.25) is 0 Å².